The Bertz CT molecular complexity index is 1350. The van der Waals surface area contributed by atoms with Crippen LogP contribution in [0, 0.1) is 13.8 Å². The van der Waals surface area contributed by atoms with E-state index < -0.39 is 0 Å². The Kier molecular flexibility index (Phi) is 9.85. The van der Waals surface area contributed by atoms with Crippen molar-refractivity contribution in [1.29, 1.82) is 0 Å². The lowest BCUT2D eigenvalue weighted by atomic mass is 10.1. The molecule has 1 aromatic carbocycles. The second-order valence-electron chi connectivity index (χ2n) is 9.59. The van der Waals surface area contributed by atoms with Crippen LogP contribution in [0.4, 0.5) is 5.00 Å². The molecular weight excluding hydrogens is 532 g/mol. The number of thioether (sulfide) groups is 1. The van der Waals surface area contributed by atoms with Crippen molar-refractivity contribution in [3.8, 4) is 5.75 Å². The zero-order valence-corrected chi connectivity index (χ0v) is 24.7. The number of esters is 1. The molecule has 0 saturated heterocycles. The van der Waals surface area contributed by atoms with Crippen LogP contribution >= 0.6 is 23.1 Å². The fourth-order valence-electron chi connectivity index (χ4n) is 4.73. The molecule has 39 heavy (non-hydrogen) atoms. The van der Waals surface area contributed by atoms with E-state index in [9.17, 15) is 9.59 Å². The summed E-state index contributed by atoms with van der Waals surface area (Å²) in [4.78, 5) is 27.0. The van der Waals surface area contributed by atoms with E-state index in [4.69, 9.17) is 9.47 Å². The highest BCUT2D eigenvalue weighted by Crippen LogP contribution is 2.38. The van der Waals surface area contributed by atoms with Gasteiger partial charge in [0, 0.05) is 11.4 Å². The van der Waals surface area contributed by atoms with E-state index in [-0.39, 0.29) is 23.7 Å². The third-order valence-corrected chi connectivity index (χ3v) is 8.72. The van der Waals surface area contributed by atoms with Gasteiger partial charge in [-0.1, -0.05) is 42.0 Å². The minimum Gasteiger partial charge on any atom is -0.482 e. The number of amides is 1. The number of carbonyl (C=O) groups excluding carboxylic acids is 2. The summed E-state index contributed by atoms with van der Waals surface area (Å²) in [6, 6.07) is 6.06. The number of hydrogen-bond donors (Lipinski definition) is 1. The highest BCUT2D eigenvalue weighted by Gasteiger charge is 2.27. The molecule has 208 valence electrons. The summed E-state index contributed by atoms with van der Waals surface area (Å²) in [6.45, 7) is 12.4. The molecule has 0 bridgehead atoms. The van der Waals surface area contributed by atoms with Crippen LogP contribution in [-0.4, -0.2) is 39.0 Å². The Morgan fingerprint density at radius 2 is 2.03 bits per heavy atom. The molecule has 0 fully saturated rings. The zero-order valence-electron chi connectivity index (χ0n) is 23.0. The van der Waals surface area contributed by atoms with E-state index in [2.05, 4.69) is 28.2 Å². The first-order chi connectivity index (χ1) is 18.8. The summed E-state index contributed by atoms with van der Waals surface area (Å²) in [6.07, 6.45) is 6.44. The highest BCUT2D eigenvalue weighted by atomic mass is 32.2. The number of fused-ring (bicyclic) bond motifs is 1. The molecule has 2 aromatic heterocycles. The van der Waals surface area contributed by atoms with Crippen molar-refractivity contribution in [3.05, 3.63) is 63.8 Å². The lowest BCUT2D eigenvalue weighted by Gasteiger charge is -2.17. The van der Waals surface area contributed by atoms with Crippen molar-refractivity contribution in [3.63, 3.8) is 0 Å². The molecule has 0 radical (unpaired) electrons. The van der Waals surface area contributed by atoms with Crippen LogP contribution < -0.4 is 10.1 Å². The second-order valence-corrected chi connectivity index (χ2v) is 11.6. The lowest BCUT2D eigenvalue weighted by molar-refractivity contribution is -0.113. The number of rotatable bonds is 11. The monoisotopic (exact) mass is 568 g/mol. The number of thiophene rings is 1. The molecule has 1 amide bonds. The van der Waals surface area contributed by atoms with E-state index in [1.807, 2.05) is 37.5 Å². The summed E-state index contributed by atoms with van der Waals surface area (Å²) in [7, 11) is 0. The average Bonchev–Trinajstić information content (AvgIpc) is 3.37. The highest BCUT2D eigenvalue weighted by molar-refractivity contribution is 7.99. The van der Waals surface area contributed by atoms with Gasteiger partial charge in [-0.15, -0.1) is 28.1 Å². The van der Waals surface area contributed by atoms with Crippen molar-refractivity contribution < 1.29 is 19.1 Å². The molecule has 0 saturated carbocycles. The smallest absolute Gasteiger partial charge is 0.341 e. The number of nitrogens with one attached hydrogen (secondary N) is 1. The van der Waals surface area contributed by atoms with Crippen LogP contribution in [0.5, 0.6) is 5.75 Å². The Morgan fingerprint density at radius 1 is 1.23 bits per heavy atom. The van der Waals surface area contributed by atoms with Crippen molar-refractivity contribution in [2.45, 2.75) is 77.6 Å². The molecule has 10 heteroatoms. The predicted molar refractivity (Wildman–Crippen MR) is 156 cm³/mol. The summed E-state index contributed by atoms with van der Waals surface area (Å²) >= 11 is 2.79. The first-order valence-corrected chi connectivity index (χ1v) is 15.1. The Balaban J connectivity index is 1.47. The molecule has 1 aliphatic rings. The van der Waals surface area contributed by atoms with Gasteiger partial charge in [-0.3, -0.25) is 9.36 Å². The van der Waals surface area contributed by atoms with Gasteiger partial charge in [0.15, 0.2) is 17.1 Å². The summed E-state index contributed by atoms with van der Waals surface area (Å²) in [5.41, 5.74) is 3.78. The van der Waals surface area contributed by atoms with Gasteiger partial charge < -0.3 is 14.8 Å². The van der Waals surface area contributed by atoms with Gasteiger partial charge in [-0.25, -0.2) is 4.79 Å². The standard InChI is InChI=1S/C29H36N4O4S2/c1-6-15-33-26(20(5)37-22-14-13-18(3)16-19(22)4)31-32-29(33)38-17-24(34)30-27-25(28(35)36-7-2)21-11-9-8-10-12-23(21)39-27/h6,13-14,16,20H,1,7-12,15,17H2,2-5H3,(H,30,34). The molecule has 1 unspecified atom stereocenters. The van der Waals surface area contributed by atoms with Gasteiger partial charge >= 0.3 is 5.97 Å². The number of ether oxygens (including phenoxy) is 2. The molecule has 1 atom stereocenters. The molecule has 3 aromatic rings. The van der Waals surface area contributed by atoms with Gasteiger partial charge in [-0.2, -0.15) is 0 Å². The van der Waals surface area contributed by atoms with Crippen LogP contribution in [0.2, 0.25) is 0 Å². The third-order valence-electron chi connectivity index (χ3n) is 6.54. The fraction of sp³-hybridized carbons (Fsp3) is 0.448. The topological polar surface area (TPSA) is 95.3 Å². The predicted octanol–water partition coefficient (Wildman–Crippen LogP) is 6.46. The largest absolute Gasteiger partial charge is 0.482 e. The number of anilines is 1. The minimum atomic E-state index is -0.368. The lowest BCUT2D eigenvalue weighted by Crippen LogP contribution is -2.17. The second kappa shape index (κ2) is 13.3. The molecule has 0 spiro atoms. The van der Waals surface area contributed by atoms with E-state index in [1.54, 1.807) is 13.0 Å². The number of aryl methyl sites for hydroxylation is 3. The number of allylic oxidation sites excluding steroid dienone is 1. The SMILES string of the molecule is C=CCn1c(SCC(=O)Nc2sc3c(c2C(=O)OCC)CCCCC3)nnc1C(C)Oc1ccc(C)cc1C. The van der Waals surface area contributed by atoms with E-state index in [0.717, 1.165) is 49.0 Å². The summed E-state index contributed by atoms with van der Waals surface area (Å²) < 4.78 is 13.5. The van der Waals surface area contributed by atoms with Crippen LogP contribution in [0.1, 0.15) is 77.0 Å². The average molecular weight is 569 g/mol. The summed E-state index contributed by atoms with van der Waals surface area (Å²) in [5.74, 6) is 0.988. The number of nitrogens with zero attached hydrogens (tertiary/aromatic N) is 3. The summed E-state index contributed by atoms with van der Waals surface area (Å²) in [5, 5.41) is 12.9. The fourth-order valence-corrected chi connectivity index (χ4v) is 6.77. The molecule has 8 nitrogen and oxygen atoms in total. The molecule has 2 heterocycles. The Morgan fingerprint density at radius 3 is 2.77 bits per heavy atom. The van der Waals surface area contributed by atoms with E-state index >= 15 is 0 Å². The van der Waals surface area contributed by atoms with Gasteiger partial charge in [-0.05, 0) is 70.6 Å². The third kappa shape index (κ3) is 6.91. The molecule has 4 rings (SSSR count). The van der Waals surface area contributed by atoms with Crippen molar-refractivity contribution >= 4 is 40.0 Å². The number of carbonyl (C=O) groups is 2. The van der Waals surface area contributed by atoms with Gasteiger partial charge in [0.1, 0.15) is 10.8 Å². The van der Waals surface area contributed by atoms with E-state index in [1.165, 1.54) is 33.5 Å². The first-order valence-electron chi connectivity index (χ1n) is 13.3. The van der Waals surface area contributed by atoms with Gasteiger partial charge in [0.25, 0.3) is 0 Å². The van der Waals surface area contributed by atoms with Crippen molar-refractivity contribution in [2.24, 2.45) is 0 Å². The van der Waals surface area contributed by atoms with Crippen LogP contribution in [0.25, 0.3) is 0 Å². The van der Waals surface area contributed by atoms with E-state index in [0.29, 0.717) is 34.7 Å². The molecular formula is C29H36N4O4S2. The Labute approximate surface area is 238 Å². The quantitative estimate of drug-likeness (QED) is 0.123. The van der Waals surface area contributed by atoms with Crippen LogP contribution in [0.3, 0.4) is 0 Å². The zero-order chi connectivity index (χ0) is 27.9. The maximum Gasteiger partial charge on any atom is 0.341 e. The van der Waals surface area contributed by atoms with Crippen LogP contribution in [-0.2, 0) is 28.9 Å². The molecule has 0 aliphatic heterocycles. The van der Waals surface area contributed by atoms with Gasteiger partial charge in [0.05, 0.1) is 17.9 Å². The van der Waals surface area contributed by atoms with Crippen molar-refractivity contribution in [2.75, 3.05) is 17.7 Å². The number of aromatic nitrogens is 3. The van der Waals surface area contributed by atoms with Crippen molar-refractivity contribution in [1.82, 2.24) is 14.8 Å². The number of hydrogen-bond acceptors (Lipinski definition) is 8. The normalized spacial score (nSPS) is 13.7. The van der Waals surface area contributed by atoms with Gasteiger partial charge in [0.2, 0.25) is 5.91 Å². The Hall–Kier alpha value is -3.11. The maximum atomic E-state index is 13.0. The van der Waals surface area contributed by atoms with Crippen LogP contribution in [0.15, 0.2) is 36.0 Å². The first kappa shape index (κ1) is 28.9. The maximum absolute atomic E-state index is 13.0. The molecule has 1 aliphatic carbocycles. The minimum absolute atomic E-state index is 0.117. The molecule has 1 N–H and O–H groups in total. The number of benzene rings is 1.